The third-order valence-electron chi connectivity index (χ3n) is 3.03. The van der Waals surface area contributed by atoms with Crippen LogP contribution in [0.15, 0.2) is 22.9 Å². The fraction of sp³-hybridized carbons (Fsp3) is 0.333. The van der Waals surface area contributed by atoms with Crippen LogP contribution in [0.5, 0.6) is 0 Å². The molecule has 1 fully saturated rings. The van der Waals surface area contributed by atoms with Crippen LogP contribution >= 0.6 is 0 Å². The Hall–Kier alpha value is -2.50. The molecule has 1 aliphatic rings. The fourth-order valence-electron chi connectivity index (χ4n) is 2.09. The summed E-state index contributed by atoms with van der Waals surface area (Å²) in [6.07, 6.45) is -4.76. The molecule has 2 aromatic rings. The molecule has 1 aromatic heterocycles. The van der Waals surface area contributed by atoms with Gasteiger partial charge in [0.1, 0.15) is 11.6 Å². The summed E-state index contributed by atoms with van der Waals surface area (Å²) in [4.78, 5) is 41.4. The molecule has 1 aliphatic carbocycles. The van der Waals surface area contributed by atoms with Gasteiger partial charge in [-0.3, -0.25) is 19.0 Å². The first-order chi connectivity index (χ1) is 13.6. The lowest BCUT2D eigenvalue weighted by Crippen LogP contribution is -2.36. The normalized spacial score (nSPS) is 31.9. The van der Waals surface area contributed by atoms with Crippen LogP contribution in [-0.4, -0.2) is 21.1 Å². The van der Waals surface area contributed by atoms with Crippen LogP contribution in [0.3, 0.4) is 0 Å². The summed E-state index contributed by atoms with van der Waals surface area (Å²) in [6, 6.07) is -5.34. The number of carbonyl (C=O) groups excluding carboxylic acids is 2. The molecule has 0 spiro atoms. The highest BCUT2D eigenvalue weighted by Gasteiger charge is 2.30. The number of Topliss-reactive ketones (excluding diaryl/α,β-unsaturated/α-hetero) is 2. The number of nitrogens with two attached hydrogens (primary N) is 1. The number of aromatic nitrogens is 2. The van der Waals surface area contributed by atoms with Crippen LogP contribution in [-0.2, 0) is 9.59 Å². The molecule has 0 amide bonds. The smallest absolute Gasteiger partial charge is 0.264 e. The average molecular weight is 294 g/mol. The minimum absolute atomic E-state index is 0.0516. The highest BCUT2D eigenvalue weighted by atomic mass is 16.2. The molecule has 0 saturated heterocycles. The summed E-state index contributed by atoms with van der Waals surface area (Å²) in [6.45, 7) is -3.23. The number of hydrogen-bond acceptors (Lipinski definition) is 5. The molecule has 1 unspecified atom stereocenters. The van der Waals surface area contributed by atoms with Gasteiger partial charge in [-0.05, 0) is 25.3 Å². The van der Waals surface area contributed by atoms with E-state index in [4.69, 9.17) is 18.1 Å². The van der Waals surface area contributed by atoms with Crippen molar-refractivity contribution in [1.82, 2.24) is 9.55 Å². The summed E-state index contributed by atoms with van der Waals surface area (Å²) in [5.74, 6) is -3.32. The van der Waals surface area contributed by atoms with E-state index in [1.807, 2.05) is 0 Å². The van der Waals surface area contributed by atoms with Gasteiger partial charge in [-0.25, -0.2) is 4.98 Å². The Balaban J connectivity index is 2.61. The Morgan fingerprint density at radius 2 is 2.33 bits per heavy atom. The lowest BCUT2D eigenvalue weighted by Gasteiger charge is -2.24. The van der Waals surface area contributed by atoms with Crippen molar-refractivity contribution in [3.8, 4) is 0 Å². The highest BCUT2D eigenvalue weighted by molar-refractivity contribution is 6.03. The molecule has 3 rings (SSSR count). The minimum Gasteiger partial charge on any atom is -0.398 e. The topological polar surface area (TPSA) is 95.0 Å². The molecular formula is C15H15N3O3. The monoisotopic (exact) mass is 294 g/mol. The molecule has 6 nitrogen and oxygen atoms in total. The first-order valence-corrected chi connectivity index (χ1v) is 5.93. The van der Waals surface area contributed by atoms with Crippen LogP contribution in [0.2, 0.25) is 0 Å². The lowest BCUT2D eigenvalue weighted by atomic mass is 9.92. The Bertz CT molecular complexity index is 1190. The van der Waals surface area contributed by atoms with E-state index >= 15 is 0 Å². The molecule has 108 valence electrons. The maximum absolute atomic E-state index is 13.3. The SMILES string of the molecule is [2H]c1c([2H])c(N)c2c(=O)n(C3([2H])C(=O)CC(=O)CC3([2H])[2H])c(C([2H])([2H])[2H])nc2c1[2H]. The number of carbonyl (C=O) groups is 2. The molecule has 1 heterocycles. The van der Waals surface area contributed by atoms with E-state index in [1.165, 1.54) is 0 Å². The van der Waals surface area contributed by atoms with Crippen molar-refractivity contribution in [3.63, 3.8) is 0 Å². The number of rotatable bonds is 1. The second-order valence-electron chi connectivity index (χ2n) is 4.43. The van der Waals surface area contributed by atoms with Gasteiger partial charge in [0.25, 0.3) is 5.56 Å². The predicted molar refractivity (Wildman–Crippen MR) is 78.1 cm³/mol. The molecule has 6 heteroatoms. The zero-order valence-corrected chi connectivity index (χ0v) is 10.6. The number of aryl methyl sites for hydroxylation is 1. The summed E-state index contributed by atoms with van der Waals surface area (Å²) in [7, 11) is 0. The predicted octanol–water partition coefficient (Wildman–Crippen LogP) is 1.15. The van der Waals surface area contributed by atoms with E-state index in [9.17, 15) is 14.4 Å². The van der Waals surface area contributed by atoms with Gasteiger partial charge in [0, 0.05) is 19.0 Å². The van der Waals surface area contributed by atoms with Crippen molar-refractivity contribution < 1.29 is 21.9 Å². The van der Waals surface area contributed by atoms with Crippen LogP contribution < -0.4 is 11.3 Å². The van der Waals surface area contributed by atoms with E-state index in [0.717, 1.165) is 0 Å². The fourth-order valence-corrected chi connectivity index (χ4v) is 2.09. The molecule has 1 atom stereocenters. The van der Waals surface area contributed by atoms with Gasteiger partial charge in [-0.15, -0.1) is 0 Å². The summed E-state index contributed by atoms with van der Waals surface area (Å²) < 4.78 is 71.3. The number of ketones is 2. The van der Waals surface area contributed by atoms with E-state index in [-0.39, 0.29) is 4.57 Å². The molecule has 2 N–H and O–H groups in total. The van der Waals surface area contributed by atoms with Gasteiger partial charge >= 0.3 is 0 Å². The van der Waals surface area contributed by atoms with Crippen LogP contribution in [0, 0.1) is 6.85 Å². The first-order valence-electron chi connectivity index (χ1n) is 10.4. The van der Waals surface area contributed by atoms with Gasteiger partial charge in [-0.1, -0.05) is 6.04 Å². The standard InChI is InChI=1S/C15H15N3O3/c1-8-17-11-4-2-3-10(16)14(11)15(21)18(8)12-6-5-9(19)7-13(12)20/h2-4,12H,5-7,16H2,1H3/i1D3,2D,3D,4D,6D2,12D. The lowest BCUT2D eigenvalue weighted by molar-refractivity contribution is -0.132. The summed E-state index contributed by atoms with van der Waals surface area (Å²) in [5, 5.41) is -0.680. The molecule has 1 aromatic carbocycles. The van der Waals surface area contributed by atoms with Crippen LogP contribution in [0.1, 0.15) is 43.4 Å². The van der Waals surface area contributed by atoms with Crippen molar-refractivity contribution in [2.24, 2.45) is 0 Å². The van der Waals surface area contributed by atoms with E-state index in [1.54, 1.807) is 0 Å². The van der Waals surface area contributed by atoms with Gasteiger partial charge in [0.2, 0.25) is 0 Å². The van der Waals surface area contributed by atoms with Crippen LogP contribution in [0.4, 0.5) is 5.69 Å². The highest BCUT2D eigenvalue weighted by Crippen LogP contribution is 2.24. The zero-order chi connectivity index (χ0) is 23.0. The largest absolute Gasteiger partial charge is 0.398 e. The van der Waals surface area contributed by atoms with Crippen molar-refractivity contribution in [2.45, 2.75) is 32.1 Å². The summed E-state index contributed by atoms with van der Waals surface area (Å²) in [5.41, 5.74) is 3.06. The number of nitrogens with zero attached hydrogens (tertiary/aromatic N) is 2. The second kappa shape index (κ2) is 4.80. The van der Waals surface area contributed by atoms with Gasteiger partial charge < -0.3 is 5.73 Å². The maximum atomic E-state index is 13.3. The molecule has 0 radical (unpaired) electrons. The Labute approximate surface area is 133 Å². The van der Waals surface area contributed by atoms with E-state index in [2.05, 4.69) is 4.98 Å². The van der Waals surface area contributed by atoms with Gasteiger partial charge in [0.05, 0.1) is 28.8 Å². The number of benzene rings is 1. The summed E-state index contributed by atoms with van der Waals surface area (Å²) >= 11 is 0. The Kier molecular flexibility index (Phi) is 1.49. The third kappa shape index (κ3) is 2.12. The van der Waals surface area contributed by atoms with Gasteiger partial charge in [-0.2, -0.15) is 0 Å². The molecular weight excluding hydrogens is 270 g/mol. The van der Waals surface area contributed by atoms with Crippen LogP contribution in [0.25, 0.3) is 10.9 Å². The van der Waals surface area contributed by atoms with Crippen molar-refractivity contribution in [1.29, 1.82) is 0 Å². The molecule has 21 heavy (non-hydrogen) atoms. The molecule has 0 aliphatic heterocycles. The molecule has 1 saturated carbocycles. The second-order valence-corrected chi connectivity index (χ2v) is 4.43. The maximum Gasteiger partial charge on any atom is 0.264 e. The van der Waals surface area contributed by atoms with E-state index in [0.29, 0.717) is 0 Å². The average Bonchev–Trinajstić information content (AvgIpc) is 2.60. The van der Waals surface area contributed by atoms with Crippen molar-refractivity contribution >= 4 is 28.2 Å². The Morgan fingerprint density at radius 3 is 3.05 bits per heavy atom. The molecule has 0 bridgehead atoms. The van der Waals surface area contributed by atoms with Crippen molar-refractivity contribution in [2.75, 3.05) is 5.73 Å². The number of anilines is 1. The third-order valence-corrected chi connectivity index (χ3v) is 3.03. The minimum atomic E-state index is -3.23. The van der Waals surface area contributed by atoms with Crippen molar-refractivity contribution in [3.05, 3.63) is 34.3 Å². The zero-order valence-electron chi connectivity index (χ0n) is 19.6. The van der Waals surface area contributed by atoms with Gasteiger partial charge in [0.15, 0.2) is 5.78 Å². The first kappa shape index (κ1) is 6.51. The van der Waals surface area contributed by atoms with E-state index < -0.39 is 89.8 Å². The Morgan fingerprint density at radius 1 is 1.52 bits per heavy atom. The number of fused-ring (bicyclic) bond motifs is 1. The number of nitrogen functional groups attached to an aromatic ring is 1. The quantitative estimate of drug-likeness (QED) is 0.629. The number of hydrogen-bond donors (Lipinski definition) is 1.